The molecular weight excluding hydrogens is 412 g/mol. The number of hydrogen-bond acceptors (Lipinski definition) is 6. The largest absolute Gasteiger partial charge is 0.460 e. The number of benzene rings is 1. The Morgan fingerprint density at radius 3 is 2.62 bits per heavy atom. The SMILES string of the molecule is CC(C)(C)OC(=O)N1[C@H](COC(=O)c2ccccc2)CC[C@@H]1c1c[nH]c2c(=O)[nH]cnc12. The summed E-state index contributed by atoms with van der Waals surface area (Å²) >= 11 is 0. The van der Waals surface area contributed by atoms with Gasteiger partial charge in [-0.2, -0.15) is 0 Å². The Morgan fingerprint density at radius 1 is 1.16 bits per heavy atom. The predicted octanol–water partition coefficient (Wildman–Crippen LogP) is 3.55. The van der Waals surface area contributed by atoms with Gasteiger partial charge in [-0.3, -0.25) is 9.69 Å². The van der Waals surface area contributed by atoms with Crippen molar-refractivity contribution in [3.8, 4) is 0 Å². The summed E-state index contributed by atoms with van der Waals surface area (Å²) in [4.78, 5) is 49.1. The summed E-state index contributed by atoms with van der Waals surface area (Å²) in [6, 6.07) is 7.98. The smallest absolute Gasteiger partial charge is 0.411 e. The molecule has 9 nitrogen and oxygen atoms in total. The van der Waals surface area contributed by atoms with E-state index < -0.39 is 17.7 Å². The number of hydrogen-bond donors (Lipinski definition) is 2. The van der Waals surface area contributed by atoms with Crippen LogP contribution >= 0.6 is 0 Å². The molecule has 2 aromatic heterocycles. The second-order valence-corrected chi connectivity index (χ2v) is 8.80. The van der Waals surface area contributed by atoms with E-state index in [4.69, 9.17) is 9.47 Å². The van der Waals surface area contributed by atoms with Gasteiger partial charge in [0.25, 0.3) is 5.56 Å². The minimum atomic E-state index is -0.689. The van der Waals surface area contributed by atoms with E-state index in [9.17, 15) is 14.4 Å². The minimum Gasteiger partial charge on any atom is -0.460 e. The van der Waals surface area contributed by atoms with Crippen LogP contribution < -0.4 is 5.56 Å². The zero-order valence-electron chi connectivity index (χ0n) is 18.3. The molecule has 3 heterocycles. The first kappa shape index (κ1) is 21.6. The summed E-state index contributed by atoms with van der Waals surface area (Å²) in [5.41, 5.74) is 1.07. The Morgan fingerprint density at radius 2 is 1.91 bits per heavy atom. The fourth-order valence-electron chi connectivity index (χ4n) is 4.00. The second kappa shape index (κ2) is 8.49. The van der Waals surface area contributed by atoms with Gasteiger partial charge in [-0.15, -0.1) is 0 Å². The van der Waals surface area contributed by atoms with Crippen LogP contribution in [0, 0.1) is 0 Å². The molecule has 32 heavy (non-hydrogen) atoms. The zero-order valence-corrected chi connectivity index (χ0v) is 18.3. The van der Waals surface area contributed by atoms with E-state index in [2.05, 4.69) is 15.0 Å². The molecule has 168 valence electrons. The number of rotatable bonds is 4. The van der Waals surface area contributed by atoms with Crippen LogP contribution in [-0.2, 0) is 9.47 Å². The Labute approximate surface area is 184 Å². The molecule has 1 aliphatic heterocycles. The lowest BCUT2D eigenvalue weighted by Crippen LogP contribution is -2.43. The fourth-order valence-corrected chi connectivity index (χ4v) is 4.00. The number of likely N-dealkylation sites (tertiary alicyclic amines) is 1. The summed E-state index contributed by atoms with van der Waals surface area (Å²) in [5, 5.41) is 0. The molecule has 0 aliphatic carbocycles. The molecule has 1 amide bonds. The summed E-state index contributed by atoms with van der Waals surface area (Å²) in [5.74, 6) is -0.446. The maximum absolute atomic E-state index is 13.2. The molecule has 0 spiro atoms. The number of esters is 1. The Bertz CT molecular complexity index is 1180. The van der Waals surface area contributed by atoms with Crippen molar-refractivity contribution in [1.29, 1.82) is 0 Å². The fraction of sp³-hybridized carbons (Fsp3) is 0.391. The number of ether oxygens (including phenoxy) is 2. The van der Waals surface area contributed by atoms with Crippen LogP contribution in [0.15, 0.2) is 47.7 Å². The molecular formula is C23H26N4O5. The molecule has 1 saturated heterocycles. The number of fused-ring (bicyclic) bond motifs is 1. The van der Waals surface area contributed by atoms with E-state index in [-0.39, 0.29) is 24.2 Å². The summed E-state index contributed by atoms with van der Waals surface area (Å²) in [6.45, 7) is 5.44. The van der Waals surface area contributed by atoms with E-state index in [1.165, 1.54) is 6.33 Å². The van der Waals surface area contributed by atoms with Gasteiger partial charge in [0.1, 0.15) is 23.2 Å². The van der Waals surface area contributed by atoms with E-state index >= 15 is 0 Å². The Hall–Kier alpha value is -3.62. The third kappa shape index (κ3) is 4.37. The van der Waals surface area contributed by atoms with Crippen LogP contribution in [0.1, 0.15) is 55.6 Å². The van der Waals surface area contributed by atoms with Gasteiger partial charge in [-0.25, -0.2) is 14.6 Å². The molecule has 0 unspecified atom stereocenters. The molecule has 1 aromatic carbocycles. The first-order chi connectivity index (χ1) is 15.2. The molecule has 0 bridgehead atoms. The number of carbonyl (C=O) groups is 2. The summed E-state index contributed by atoms with van der Waals surface area (Å²) in [6.07, 6.45) is 3.78. The molecule has 4 rings (SSSR count). The minimum absolute atomic E-state index is 0.0415. The van der Waals surface area contributed by atoms with Gasteiger partial charge >= 0.3 is 12.1 Å². The third-order valence-electron chi connectivity index (χ3n) is 5.38. The highest BCUT2D eigenvalue weighted by Gasteiger charge is 2.42. The summed E-state index contributed by atoms with van der Waals surface area (Å²) < 4.78 is 11.2. The maximum Gasteiger partial charge on any atom is 0.411 e. The standard InChI is InChI=1S/C23H26N4O5/c1-23(2,3)32-22(30)27-15(12-31-21(29)14-7-5-4-6-8-14)9-10-17(27)16-11-24-19-18(16)25-13-26-20(19)28/h4-8,11,13,15,17,24H,9-10,12H2,1-3H3,(H,25,26,28)/t15-,17+/m0/s1. The Kier molecular flexibility index (Phi) is 5.73. The molecule has 0 radical (unpaired) electrons. The number of nitrogens with one attached hydrogen (secondary N) is 2. The predicted molar refractivity (Wildman–Crippen MR) is 117 cm³/mol. The van der Waals surface area contributed by atoms with Crippen molar-refractivity contribution < 1.29 is 19.1 Å². The van der Waals surface area contributed by atoms with Gasteiger partial charge in [0.05, 0.1) is 24.0 Å². The van der Waals surface area contributed by atoms with Crippen LogP contribution in [0.4, 0.5) is 4.79 Å². The number of aromatic nitrogens is 3. The van der Waals surface area contributed by atoms with Crippen LogP contribution in [-0.4, -0.2) is 50.2 Å². The van der Waals surface area contributed by atoms with Gasteiger partial charge in [-0.1, -0.05) is 18.2 Å². The van der Waals surface area contributed by atoms with E-state index in [0.717, 1.165) is 5.56 Å². The maximum atomic E-state index is 13.2. The molecule has 2 atom stereocenters. The van der Waals surface area contributed by atoms with Gasteiger partial charge < -0.3 is 19.4 Å². The number of nitrogens with zero attached hydrogens (tertiary/aromatic N) is 2. The van der Waals surface area contributed by atoms with Crippen molar-refractivity contribution in [2.45, 2.75) is 51.3 Å². The van der Waals surface area contributed by atoms with Crippen LogP contribution in [0.3, 0.4) is 0 Å². The third-order valence-corrected chi connectivity index (χ3v) is 5.38. The summed E-state index contributed by atoms with van der Waals surface area (Å²) in [7, 11) is 0. The van der Waals surface area contributed by atoms with Crippen molar-refractivity contribution in [2.24, 2.45) is 0 Å². The van der Waals surface area contributed by atoms with E-state index in [1.54, 1.807) is 56.1 Å². The molecule has 2 N–H and O–H groups in total. The number of H-pyrrole nitrogens is 2. The highest BCUT2D eigenvalue weighted by atomic mass is 16.6. The van der Waals surface area contributed by atoms with Crippen molar-refractivity contribution in [1.82, 2.24) is 19.9 Å². The number of aromatic amines is 2. The molecule has 3 aromatic rings. The first-order valence-corrected chi connectivity index (χ1v) is 10.5. The number of amides is 1. The van der Waals surface area contributed by atoms with Crippen LogP contribution in [0.2, 0.25) is 0 Å². The lowest BCUT2D eigenvalue weighted by atomic mass is 10.1. The topological polar surface area (TPSA) is 117 Å². The quantitative estimate of drug-likeness (QED) is 0.602. The lowest BCUT2D eigenvalue weighted by Gasteiger charge is -2.32. The van der Waals surface area contributed by atoms with Gasteiger partial charge in [0.15, 0.2) is 0 Å². The van der Waals surface area contributed by atoms with Crippen LogP contribution in [0.25, 0.3) is 11.0 Å². The second-order valence-electron chi connectivity index (χ2n) is 8.80. The van der Waals surface area contributed by atoms with Gasteiger partial charge in [0, 0.05) is 11.8 Å². The van der Waals surface area contributed by atoms with Crippen molar-refractivity contribution in [2.75, 3.05) is 6.61 Å². The van der Waals surface area contributed by atoms with Crippen LogP contribution in [0.5, 0.6) is 0 Å². The lowest BCUT2D eigenvalue weighted by molar-refractivity contribution is 0.00265. The highest BCUT2D eigenvalue weighted by molar-refractivity contribution is 5.89. The van der Waals surface area contributed by atoms with Crippen molar-refractivity contribution in [3.05, 3.63) is 64.3 Å². The zero-order chi connectivity index (χ0) is 22.9. The monoisotopic (exact) mass is 438 g/mol. The molecule has 9 heteroatoms. The van der Waals surface area contributed by atoms with Crippen molar-refractivity contribution in [3.63, 3.8) is 0 Å². The average molecular weight is 438 g/mol. The molecule has 1 fully saturated rings. The van der Waals surface area contributed by atoms with Crippen molar-refractivity contribution >= 4 is 23.1 Å². The molecule has 1 aliphatic rings. The first-order valence-electron chi connectivity index (χ1n) is 10.5. The number of carbonyl (C=O) groups excluding carboxylic acids is 2. The highest BCUT2D eigenvalue weighted by Crippen LogP contribution is 2.39. The van der Waals surface area contributed by atoms with Gasteiger partial charge in [0.2, 0.25) is 0 Å². The Balaban J connectivity index is 1.60. The normalized spacial score (nSPS) is 18.7. The average Bonchev–Trinajstić information content (AvgIpc) is 3.36. The van der Waals surface area contributed by atoms with Gasteiger partial charge in [-0.05, 0) is 45.7 Å². The molecule has 0 saturated carbocycles. The van der Waals surface area contributed by atoms with E-state index in [0.29, 0.717) is 29.4 Å². The van der Waals surface area contributed by atoms with E-state index in [1.807, 2.05) is 6.07 Å².